The van der Waals surface area contributed by atoms with Gasteiger partial charge in [0.2, 0.25) is 0 Å². The molecule has 0 nitrogen and oxygen atoms in total. The first-order chi connectivity index (χ1) is 8.50. The first kappa shape index (κ1) is 13.1. The van der Waals surface area contributed by atoms with Crippen molar-refractivity contribution >= 4 is 15.9 Å². The van der Waals surface area contributed by atoms with Gasteiger partial charge in [-0.3, -0.25) is 0 Å². The lowest BCUT2D eigenvalue weighted by Crippen LogP contribution is -2.01. The summed E-state index contributed by atoms with van der Waals surface area (Å²) < 4.78 is 40.7. The molecule has 18 heavy (non-hydrogen) atoms. The maximum Gasteiger partial charge on any atom is 0.130 e. The van der Waals surface area contributed by atoms with Crippen LogP contribution in [0.1, 0.15) is 21.5 Å². The van der Waals surface area contributed by atoms with Gasteiger partial charge in [-0.1, -0.05) is 34.1 Å². The molecule has 0 saturated heterocycles. The van der Waals surface area contributed by atoms with E-state index in [9.17, 15) is 13.2 Å². The summed E-state index contributed by atoms with van der Waals surface area (Å²) >= 11 is 3.22. The van der Waals surface area contributed by atoms with Gasteiger partial charge < -0.3 is 0 Å². The van der Waals surface area contributed by atoms with Crippen molar-refractivity contribution in [3.63, 3.8) is 0 Å². The highest BCUT2D eigenvalue weighted by atomic mass is 79.9. The van der Waals surface area contributed by atoms with Crippen LogP contribution in [0.2, 0.25) is 0 Å². The Labute approximate surface area is 112 Å². The third kappa shape index (κ3) is 2.43. The van der Waals surface area contributed by atoms with Crippen LogP contribution in [0.4, 0.5) is 13.2 Å². The topological polar surface area (TPSA) is 0 Å². The van der Waals surface area contributed by atoms with Crippen molar-refractivity contribution in [3.05, 3.63) is 70.5 Å². The molecule has 0 saturated carbocycles. The fourth-order valence-corrected chi connectivity index (χ4v) is 2.45. The van der Waals surface area contributed by atoms with Crippen LogP contribution in [0, 0.1) is 24.4 Å². The number of rotatable bonds is 2. The molecule has 0 aliphatic rings. The second-order valence-corrected chi connectivity index (χ2v) is 4.92. The van der Waals surface area contributed by atoms with Gasteiger partial charge in [-0.25, -0.2) is 13.2 Å². The standard InChI is InChI=1S/C14H10BrF3/c1-8-3-2-4-10(14(8)18)13(15)11-7-9(16)5-6-12(11)17/h2-7,13H,1H3. The molecule has 0 fully saturated rings. The van der Waals surface area contributed by atoms with Crippen molar-refractivity contribution in [3.8, 4) is 0 Å². The van der Waals surface area contributed by atoms with E-state index in [1.54, 1.807) is 25.1 Å². The lowest BCUT2D eigenvalue weighted by Gasteiger charge is -2.13. The molecule has 1 unspecified atom stereocenters. The quantitative estimate of drug-likeness (QED) is 0.692. The highest BCUT2D eigenvalue weighted by Gasteiger charge is 2.19. The normalized spacial score (nSPS) is 12.5. The molecule has 0 aromatic heterocycles. The molecule has 2 aromatic carbocycles. The van der Waals surface area contributed by atoms with Gasteiger partial charge in [0.15, 0.2) is 0 Å². The Morgan fingerprint density at radius 2 is 1.72 bits per heavy atom. The van der Waals surface area contributed by atoms with E-state index in [-0.39, 0.29) is 5.56 Å². The zero-order valence-corrected chi connectivity index (χ0v) is 11.1. The molecule has 2 aromatic rings. The average molecular weight is 315 g/mol. The van der Waals surface area contributed by atoms with Gasteiger partial charge in [-0.15, -0.1) is 0 Å². The van der Waals surface area contributed by atoms with Crippen molar-refractivity contribution in [1.29, 1.82) is 0 Å². The molecule has 0 aliphatic heterocycles. The summed E-state index contributed by atoms with van der Waals surface area (Å²) in [6, 6.07) is 7.99. The van der Waals surface area contributed by atoms with E-state index >= 15 is 0 Å². The minimum atomic E-state index is -0.715. The lowest BCUT2D eigenvalue weighted by atomic mass is 10.0. The van der Waals surface area contributed by atoms with Crippen molar-refractivity contribution in [2.45, 2.75) is 11.8 Å². The second-order valence-electron chi connectivity index (χ2n) is 4.01. The predicted molar refractivity (Wildman–Crippen MR) is 68.3 cm³/mol. The number of halogens is 4. The molecule has 0 heterocycles. The summed E-state index contributed by atoms with van der Waals surface area (Å²) in [6.07, 6.45) is 0. The molecular weight excluding hydrogens is 305 g/mol. The van der Waals surface area contributed by atoms with Crippen LogP contribution in [0.25, 0.3) is 0 Å². The Morgan fingerprint density at radius 1 is 1.00 bits per heavy atom. The number of alkyl halides is 1. The Kier molecular flexibility index (Phi) is 3.76. The summed E-state index contributed by atoms with van der Waals surface area (Å²) in [7, 11) is 0. The number of aryl methyl sites for hydroxylation is 1. The summed E-state index contributed by atoms with van der Waals surface area (Å²) in [6.45, 7) is 1.63. The minimum absolute atomic E-state index is 0.0829. The van der Waals surface area contributed by atoms with Gasteiger partial charge in [0.1, 0.15) is 17.5 Å². The monoisotopic (exact) mass is 314 g/mol. The largest absolute Gasteiger partial charge is 0.207 e. The highest BCUT2D eigenvalue weighted by molar-refractivity contribution is 9.09. The Bertz CT molecular complexity index is 579. The van der Waals surface area contributed by atoms with Gasteiger partial charge in [0.05, 0.1) is 4.83 Å². The Balaban J connectivity index is 2.51. The Hall–Kier alpha value is -1.29. The number of benzene rings is 2. The lowest BCUT2D eigenvalue weighted by molar-refractivity contribution is 0.579. The number of hydrogen-bond acceptors (Lipinski definition) is 0. The first-order valence-corrected chi connectivity index (χ1v) is 6.26. The second kappa shape index (κ2) is 5.14. The summed E-state index contributed by atoms with van der Waals surface area (Å²) in [5.41, 5.74) is 0.841. The van der Waals surface area contributed by atoms with E-state index in [0.29, 0.717) is 11.1 Å². The third-order valence-electron chi connectivity index (χ3n) is 2.73. The molecule has 4 heteroatoms. The van der Waals surface area contributed by atoms with E-state index in [1.807, 2.05) is 0 Å². The smallest absolute Gasteiger partial charge is 0.130 e. The van der Waals surface area contributed by atoms with Crippen molar-refractivity contribution in [2.75, 3.05) is 0 Å². The molecule has 0 amide bonds. The van der Waals surface area contributed by atoms with Gasteiger partial charge in [0.25, 0.3) is 0 Å². The molecule has 0 spiro atoms. The van der Waals surface area contributed by atoms with Crippen molar-refractivity contribution in [2.24, 2.45) is 0 Å². The van der Waals surface area contributed by atoms with Crippen LogP contribution >= 0.6 is 15.9 Å². The maximum absolute atomic E-state index is 13.9. The number of hydrogen-bond donors (Lipinski definition) is 0. The molecule has 0 aliphatic carbocycles. The summed E-state index contributed by atoms with van der Waals surface area (Å²) in [5.74, 6) is -1.54. The molecule has 94 valence electrons. The fraction of sp³-hybridized carbons (Fsp3) is 0.143. The zero-order chi connectivity index (χ0) is 13.3. The van der Waals surface area contributed by atoms with Gasteiger partial charge in [-0.2, -0.15) is 0 Å². The van der Waals surface area contributed by atoms with Crippen LogP contribution < -0.4 is 0 Å². The van der Waals surface area contributed by atoms with Crippen LogP contribution in [0.3, 0.4) is 0 Å². The molecule has 0 bridgehead atoms. The predicted octanol–water partition coefficient (Wildman–Crippen LogP) is 4.90. The van der Waals surface area contributed by atoms with E-state index in [2.05, 4.69) is 15.9 Å². The third-order valence-corrected chi connectivity index (χ3v) is 3.71. The SMILES string of the molecule is Cc1cccc(C(Br)c2cc(F)ccc2F)c1F. The molecule has 0 N–H and O–H groups in total. The maximum atomic E-state index is 13.9. The van der Waals surface area contributed by atoms with E-state index in [0.717, 1.165) is 18.2 Å². The fourth-order valence-electron chi connectivity index (χ4n) is 1.74. The first-order valence-electron chi connectivity index (χ1n) is 5.34. The van der Waals surface area contributed by atoms with E-state index in [1.165, 1.54) is 0 Å². The van der Waals surface area contributed by atoms with Crippen LogP contribution in [-0.4, -0.2) is 0 Å². The van der Waals surface area contributed by atoms with Crippen LogP contribution in [0.15, 0.2) is 36.4 Å². The Morgan fingerprint density at radius 3 is 2.44 bits per heavy atom. The van der Waals surface area contributed by atoms with Crippen LogP contribution in [-0.2, 0) is 0 Å². The molecule has 2 rings (SSSR count). The van der Waals surface area contributed by atoms with Gasteiger partial charge in [0, 0.05) is 11.1 Å². The van der Waals surface area contributed by atoms with Gasteiger partial charge >= 0.3 is 0 Å². The van der Waals surface area contributed by atoms with Crippen molar-refractivity contribution < 1.29 is 13.2 Å². The van der Waals surface area contributed by atoms with Crippen LogP contribution in [0.5, 0.6) is 0 Å². The zero-order valence-electron chi connectivity index (χ0n) is 9.55. The van der Waals surface area contributed by atoms with E-state index in [4.69, 9.17) is 0 Å². The molecule has 0 radical (unpaired) electrons. The van der Waals surface area contributed by atoms with E-state index < -0.39 is 22.3 Å². The minimum Gasteiger partial charge on any atom is -0.207 e. The van der Waals surface area contributed by atoms with Crippen molar-refractivity contribution in [1.82, 2.24) is 0 Å². The molecular formula is C14H10BrF3. The average Bonchev–Trinajstić information content (AvgIpc) is 2.35. The highest BCUT2D eigenvalue weighted by Crippen LogP contribution is 2.34. The molecule has 1 atom stereocenters. The van der Waals surface area contributed by atoms with Gasteiger partial charge in [-0.05, 0) is 30.7 Å². The summed E-state index contributed by atoms with van der Waals surface area (Å²) in [4.78, 5) is -0.715. The summed E-state index contributed by atoms with van der Waals surface area (Å²) in [5, 5.41) is 0.